The number of ether oxygens (including phenoxy) is 1. The normalized spacial score (nSPS) is 27.5. The third-order valence-electron chi connectivity index (χ3n) is 5.38. The van der Waals surface area contributed by atoms with E-state index in [1.165, 1.54) is 70.4 Å². The standard InChI is InChI=1S/C18H28N2O/c1-21-18-7-5-16(6-8-18)15-19-13-9-17(10-14-19)20-11-3-2-4-12-20/h5-8,17H,2-4,9-15H2,1H3/p+2. The molecule has 0 amide bonds. The summed E-state index contributed by atoms with van der Waals surface area (Å²) in [7, 11) is 1.73. The highest BCUT2D eigenvalue weighted by Crippen LogP contribution is 2.10. The van der Waals surface area contributed by atoms with Gasteiger partial charge in [0.05, 0.1) is 39.3 Å². The molecule has 0 saturated carbocycles. The minimum absolute atomic E-state index is 0.949. The molecule has 2 aliphatic rings. The summed E-state index contributed by atoms with van der Waals surface area (Å²) >= 11 is 0. The topological polar surface area (TPSA) is 18.1 Å². The fraction of sp³-hybridized carbons (Fsp3) is 0.667. The molecule has 21 heavy (non-hydrogen) atoms. The van der Waals surface area contributed by atoms with Gasteiger partial charge in [-0.25, -0.2) is 0 Å². The summed E-state index contributed by atoms with van der Waals surface area (Å²) < 4.78 is 5.23. The Kier molecular flexibility index (Phi) is 5.15. The molecule has 0 aliphatic carbocycles. The van der Waals surface area contributed by atoms with Crippen LogP contribution in [0.1, 0.15) is 37.7 Å². The minimum atomic E-state index is 0.949. The Bertz CT molecular complexity index is 417. The number of hydrogen-bond donors (Lipinski definition) is 2. The van der Waals surface area contributed by atoms with E-state index >= 15 is 0 Å². The molecule has 0 radical (unpaired) electrons. The second-order valence-electron chi connectivity index (χ2n) is 6.77. The first-order valence-corrected chi connectivity index (χ1v) is 8.66. The predicted octanol–water partition coefficient (Wildman–Crippen LogP) is 0.311. The molecule has 1 aromatic rings. The largest absolute Gasteiger partial charge is 0.497 e. The van der Waals surface area contributed by atoms with Crippen molar-refractivity contribution in [3.05, 3.63) is 29.8 Å². The number of hydrogen-bond acceptors (Lipinski definition) is 1. The zero-order chi connectivity index (χ0) is 14.5. The monoisotopic (exact) mass is 290 g/mol. The van der Waals surface area contributed by atoms with Crippen LogP contribution < -0.4 is 14.5 Å². The lowest BCUT2D eigenvalue weighted by molar-refractivity contribution is -0.965. The molecule has 0 aromatic heterocycles. The number of piperidine rings is 2. The fourth-order valence-electron chi connectivity index (χ4n) is 4.06. The van der Waals surface area contributed by atoms with Crippen LogP contribution in [0.3, 0.4) is 0 Å². The van der Waals surface area contributed by atoms with Crippen molar-refractivity contribution in [2.24, 2.45) is 0 Å². The predicted molar refractivity (Wildman–Crippen MR) is 85.0 cm³/mol. The Morgan fingerprint density at radius 2 is 1.62 bits per heavy atom. The number of nitrogens with one attached hydrogen (secondary N) is 2. The van der Waals surface area contributed by atoms with Crippen molar-refractivity contribution in [3.63, 3.8) is 0 Å². The van der Waals surface area contributed by atoms with E-state index < -0.39 is 0 Å². The van der Waals surface area contributed by atoms with Crippen LogP contribution in [0.2, 0.25) is 0 Å². The Morgan fingerprint density at radius 3 is 2.24 bits per heavy atom. The molecule has 3 heteroatoms. The van der Waals surface area contributed by atoms with Crippen molar-refractivity contribution in [3.8, 4) is 5.75 Å². The SMILES string of the molecule is COc1ccc(C[NH+]2CCC([NH+]3CCCCC3)CC2)cc1. The van der Waals surface area contributed by atoms with E-state index in [2.05, 4.69) is 24.3 Å². The van der Waals surface area contributed by atoms with Gasteiger partial charge >= 0.3 is 0 Å². The van der Waals surface area contributed by atoms with Crippen LogP contribution in [0.4, 0.5) is 0 Å². The maximum atomic E-state index is 5.23. The third-order valence-corrected chi connectivity index (χ3v) is 5.38. The van der Waals surface area contributed by atoms with Gasteiger partial charge in [0.1, 0.15) is 12.3 Å². The van der Waals surface area contributed by atoms with Crippen LogP contribution in [0, 0.1) is 0 Å². The number of rotatable bonds is 4. The smallest absolute Gasteiger partial charge is 0.118 e. The van der Waals surface area contributed by atoms with Crippen molar-refractivity contribution in [2.75, 3.05) is 33.3 Å². The second kappa shape index (κ2) is 7.28. The van der Waals surface area contributed by atoms with Gasteiger partial charge in [0.2, 0.25) is 0 Å². The van der Waals surface area contributed by atoms with Crippen LogP contribution in [-0.4, -0.2) is 39.3 Å². The van der Waals surface area contributed by atoms with Gasteiger partial charge in [0, 0.05) is 18.4 Å². The molecular formula is C18H30N2O+2. The number of methoxy groups -OCH3 is 1. The Morgan fingerprint density at radius 1 is 0.952 bits per heavy atom. The third kappa shape index (κ3) is 3.98. The van der Waals surface area contributed by atoms with Gasteiger partial charge in [-0.15, -0.1) is 0 Å². The fourth-order valence-corrected chi connectivity index (χ4v) is 4.06. The number of benzene rings is 1. The van der Waals surface area contributed by atoms with E-state index in [1.54, 1.807) is 12.0 Å². The van der Waals surface area contributed by atoms with Crippen LogP contribution in [0.25, 0.3) is 0 Å². The second-order valence-corrected chi connectivity index (χ2v) is 6.77. The number of likely N-dealkylation sites (tertiary alicyclic amines) is 2. The van der Waals surface area contributed by atoms with Gasteiger partial charge in [0.25, 0.3) is 0 Å². The minimum Gasteiger partial charge on any atom is -0.497 e. The summed E-state index contributed by atoms with van der Waals surface area (Å²) in [5, 5.41) is 0. The molecule has 0 bridgehead atoms. The summed E-state index contributed by atoms with van der Waals surface area (Å²) in [4.78, 5) is 3.66. The summed E-state index contributed by atoms with van der Waals surface area (Å²) in [6.45, 7) is 6.73. The molecule has 2 aliphatic heterocycles. The Balaban J connectivity index is 1.46. The number of quaternary nitrogens is 2. The van der Waals surface area contributed by atoms with E-state index in [4.69, 9.17) is 4.74 Å². The molecule has 2 heterocycles. The van der Waals surface area contributed by atoms with E-state index in [0.29, 0.717) is 0 Å². The maximum Gasteiger partial charge on any atom is 0.118 e. The van der Waals surface area contributed by atoms with Gasteiger partial charge < -0.3 is 14.5 Å². The first-order valence-electron chi connectivity index (χ1n) is 8.66. The molecule has 2 saturated heterocycles. The van der Waals surface area contributed by atoms with Gasteiger partial charge in [-0.3, -0.25) is 0 Å². The molecule has 1 aromatic carbocycles. The highest BCUT2D eigenvalue weighted by Gasteiger charge is 2.30. The van der Waals surface area contributed by atoms with Crippen molar-refractivity contribution < 1.29 is 14.5 Å². The highest BCUT2D eigenvalue weighted by atomic mass is 16.5. The molecule has 2 fully saturated rings. The molecule has 3 rings (SSSR count). The molecular weight excluding hydrogens is 260 g/mol. The maximum absolute atomic E-state index is 5.23. The zero-order valence-corrected chi connectivity index (χ0v) is 13.4. The quantitative estimate of drug-likeness (QED) is 0.817. The van der Waals surface area contributed by atoms with Gasteiger partial charge in [0.15, 0.2) is 0 Å². The molecule has 116 valence electrons. The Labute approximate surface area is 128 Å². The van der Waals surface area contributed by atoms with Gasteiger partial charge in [-0.1, -0.05) is 0 Å². The van der Waals surface area contributed by atoms with E-state index in [1.807, 2.05) is 4.90 Å². The van der Waals surface area contributed by atoms with Gasteiger partial charge in [-0.2, -0.15) is 0 Å². The van der Waals surface area contributed by atoms with E-state index in [-0.39, 0.29) is 0 Å². The van der Waals surface area contributed by atoms with Crippen LogP contribution >= 0.6 is 0 Å². The summed E-state index contributed by atoms with van der Waals surface area (Å²) in [5.74, 6) is 0.959. The zero-order valence-electron chi connectivity index (χ0n) is 13.4. The molecule has 0 atom stereocenters. The van der Waals surface area contributed by atoms with Crippen LogP contribution in [0.5, 0.6) is 5.75 Å². The lowest BCUT2D eigenvalue weighted by Gasteiger charge is -2.36. The average molecular weight is 290 g/mol. The summed E-state index contributed by atoms with van der Waals surface area (Å²) in [6.07, 6.45) is 7.20. The van der Waals surface area contributed by atoms with Crippen molar-refractivity contribution >= 4 is 0 Å². The van der Waals surface area contributed by atoms with Crippen molar-refractivity contribution in [1.82, 2.24) is 0 Å². The van der Waals surface area contributed by atoms with Crippen molar-refractivity contribution in [2.45, 2.75) is 44.7 Å². The van der Waals surface area contributed by atoms with Crippen LogP contribution in [0.15, 0.2) is 24.3 Å². The van der Waals surface area contributed by atoms with Crippen molar-refractivity contribution in [1.29, 1.82) is 0 Å². The molecule has 0 unspecified atom stereocenters. The average Bonchev–Trinajstić information content (AvgIpc) is 2.57. The lowest BCUT2D eigenvalue weighted by Crippen LogP contribution is -3.20. The Hall–Kier alpha value is -1.06. The van der Waals surface area contributed by atoms with Crippen LogP contribution in [-0.2, 0) is 6.54 Å². The lowest BCUT2D eigenvalue weighted by atomic mass is 9.99. The molecule has 2 N–H and O–H groups in total. The van der Waals surface area contributed by atoms with E-state index in [0.717, 1.165) is 11.8 Å². The molecule has 0 spiro atoms. The van der Waals surface area contributed by atoms with Gasteiger partial charge in [-0.05, 0) is 43.5 Å². The highest BCUT2D eigenvalue weighted by molar-refractivity contribution is 5.26. The summed E-state index contributed by atoms with van der Waals surface area (Å²) in [6, 6.07) is 9.55. The first kappa shape index (κ1) is 14.9. The van der Waals surface area contributed by atoms with E-state index in [9.17, 15) is 0 Å². The molecule has 3 nitrogen and oxygen atoms in total. The summed E-state index contributed by atoms with van der Waals surface area (Å²) in [5.41, 5.74) is 1.44. The first-order chi connectivity index (χ1) is 10.3.